The van der Waals surface area contributed by atoms with Gasteiger partial charge in [0.05, 0.1) is 11.4 Å². The third-order valence-corrected chi connectivity index (χ3v) is 5.16. The molecular weight excluding hydrogens is 252 g/mol. The molecule has 18 heavy (non-hydrogen) atoms. The average molecular weight is 276 g/mol. The van der Waals surface area contributed by atoms with E-state index in [9.17, 15) is 8.42 Å². The highest BCUT2D eigenvalue weighted by molar-refractivity contribution is 7.89. The normalized spacial score (nSPS) is 32.6. The summed E-state index contributed by atoms with van der Waals surface area (Å²) in [6.07, 6.45) is 3.54. The SMILES string of the molecule is CC1(C)CC(NS(=O)(=O)CC2CCCN2)CCO1. The maximum Gasteiger partial charge on any atom is 0.213 e. The Morgan fingerprint density at radius 3 is 2.78 bits per heavy atom. The molecule has 0 aromatic rings. The van der Waals surface area contributed by atoms with E-state index in [0.717, 1.165) is 32.2 Å². The van der Waals surface area contributed by atoms with Gasteiger partial charge in [0.2, 0.25) is 10.0 Å². The molecule has 2 rings (SSSR count). The molecular formula is C12H24N2O3S. The summed E-state index contributed by atoms with van der Waals surface area (Å²) in [6.45, 7) is 5.57. The molecule has 0 radical (unpaired) electrons. The lowest BCUT2D eigenvalue weighted by Crippen LogP contribution is -2.48. The minimum absolute atomic E-state index is 0.0140. The van der Waals surface area contributed by atoms with Gasteiger partial charge in [-0.15, -0.1) is 0 Å². The Morgan fingerprint density at radius 2 is 2.17 bits per heavy atom. The predicted octanol–water partition coefficient (Wildman–Crippen LogP) is 0.615. The predicted molar refractivity (Wildman–Crippen MR) is 71.0 cm³/mol. The molecule has 0 aromatic carbocycles. The number of hydrogen-bond acceptors (Lipinski definition) is 4. The van der Waals surface area contributed by atoms with Crippen LogP contribution in [-0.2, 0) is 14.8 Å². The summed E-state index contributed by atoms with van der Waals surface area (Å²) in [7, 11) is -3.18. The van der Waals surface area contributed by atoms with E-state index in [1.807, 2.05) is 13.8 Å². The van der Waals surface area contributed by atoms with Crippen LogP contribution in [0.4, 0.5) is 0 Å². The van der Waals surface area contributed by atoms with E-state index in [1.165, 1.54) is 0 Å². The molecule has 5 nitrogen and oxygen atoms in total. The molecule has 2 saturated heterocycles. The molecule has 2 N–H and O–H groups in total. The van der Waals surface area contributed by atoms with Crippen LogP contribution in [0.5, 0.6) is 0 Å². The zero-order valence-corrected chi connectivity index (χ0v) is 12.1. The van der Waals surface area contributed by atoms with E-state index in [4.69, 9.17) is 4.74 Å². The molecule has 6 heteroatoms. The standard InChI is InChI=1S/C12H24N2O3S/c1-12(2)8-10(5-7-17-12)14-18(15,16)9-11-4-3-6-13-11/h10-11,13-14H,3-9H2,1-2H3. The van der Waals surface area contributed by atoms with Crippen LogP contribution in [0.25, 0.3) is 0 Å². The lowest BCUT2D eigenvalue weighted by atomic mass is 9.95. The second kappa shape index (κ2) is 5.45. The molecule has 0 amide bonds. The minimum atomic E-state index is -3.18. The van der Waals surface area contributed by atoms with Crippen LogP contribution in [0.1, 0.15) is 39.5 Å². The van der Waals surface area contributed by atoms with Crippen molar-refractivity contribution in [1.29, 1.82) is 0 Å². The van der Waals surface area contributed by atoms with Crippen molar-refractivity contribution in [2.24, 2.45) is 0 Å². The van der Waals surface area contributed by atoms with Crippen LogP contribution in [0.2, 0.25) is 0 Å². The first-order valence-electron chi connectivity index (χ1n) is 6.74. The molecule has 0 aromatic heterocycles. The Hall–Kier alpha value is -0.170. The van der Waals surface area contributed by atoms with Gasteiger partial charge in [0.15, 0.2) is 0 Å². The van der Waals surface area contributed by atoms with Crippen LogP contribution in [0.15, 0.2) is 0 Å². The fourth-order valence-electron chi connectivity index (χ4n) is 2.80. The number of nitrogens with one attached hydrogen (secondary N) is 2. The smallest absolute Gasteiger partial charge is 0.213 e. The summed E-state index contributed by atoms with van der Waals surface area (Å²) >= 11 is 0. The zero-order valence-electron chi connectivity index (χ0n) is 11.2. The second-order valence-electron chi connectivity index (χ2n) is 5.99. The highest BCUT2D eigenvalue weighted by atomic mass is 32.2. The lowest BCUT2D eigenvalue weighted by Gasteiger charge is -2.35. The van der Waals surface area contributed by atoms with Crippen molar-refractivity contribution >= 4 is 10.0 Å². The van der Waals surface area contributed by atoms with Crippen LogP contribution in [-0.4, -0.2) is 45.0 Å². The van der Waals surface area contributed by atoms with E-state index in [1.54, 1.807) is 0 Å². The van der Waals surface area contributed by atoms with Gasteiger partial charge in [-0.25, -0.2) is 13.1 Å². The maximum atomic E-state index is 12.1. The van der Waals surface area contributed by atoms with Crippen molar-refractivity contribution in [2.45, 2.75) is 57.2 Å². The van der Waals surface area contributed by atoms with Crippen molar-refractivity contribution in [1.82, 2.24) is 10.0 Å². The van der Waals surface area contributed by atoms with Crippen LogP contribution >= 0.6 is 0 Å². The van der Waals surface area contributed by atoms with Crippen molar-refractivity contribution in [3.63, 3.8) is 0 Å². The lowest BCUT2D eigenvalue weighted by molar-refractivity contribution is -0.0599. The molecule has 106 valence electrons. The molecule has 0 aliphatic carbocycles. The Balaban J connectivity index is 1.87. The van der Waals surface area contributed by atoms with Crippen molar-refractivity contribution in [2.75, 3.05) is 18.9 Å². The first-order valence-corrected chi connectivity index (χ1v) is 8.39. The summed E-state index contributed by atoms with van der Waals surface area (Å²) < 4.78 is 32.6. The highest BCUT2D eigenvalue weighted by Crippen LogP contribution is 2.24. The molecule has 2 heterocycles. The minimum Gasteiger partial charge on any atom is -0.375 e. The number of ether oxygens (including phenoxy) is 1. The summed E-state index contributed by atoms with van der Waals surface area (Å²) in [5.41, 5.74) is -0.225. The van der Waals surface area contributed by atoms with Gasteiger partial charge < -0.3 is 10.1 Å². The quantitative estimate of drug-likeness (QED) is 0.790. The molecule has 2 aliphatic heterocycles. The van der Waals surface area contributed by atoms with E-state index in [-0.39, 0.29) is 23.4 Å². The van der Waals surface area contributed by atoms with Gasteiger partial charge in [0.25, 0.3) is 0 Å². The first kappa shape index (κ1) is 14.2. The summed E-state index contributed by atoms with van der Waals surface area (Å²) in [6, 6.07) is 0.135. The number of hydrogen-bond donors (Lipinski definition) is 2. The van der Waals surface area contributed by atoms with E-state index >= 15 is 0 Å². The molecule has 0 bridgehead atoms. The second-order valence-corrected chi connectivity index (χ2v) is 7.79. The fourth-order valence-corrected chi connectivity index (χ4v) is 4.42. The molecule has 2 atom stereocenters. The first-order chi connectivity index (χ1) is 8.36. The molecule has 2 unspecified atom stereocenters. The van der Waals surface area contributed by atoms with E-state index in [0.29, 0.717) is 6.61 Å². The Bertz CT molecular complexity index is 375. The molecule has 2 fully saturated rings. The van der Waals surface area contributed by atoms with Gasteiger partial charge in [0.1, 0.15) is 0 Å². The van der Waals surface area contributed by atoms with Gasteiger partial charge in [0, 0.05) is 18.7 Å². The van der Waals surface area contributed by atoms with Crippen molar-refractivity contribution in [3.05, 3.63) is 0 Å². The van der Waals surface area contributed by atoms with Crippen molar-refractivity contribution < 1.29 is 13.2 Å². The van der Waals surface area contributed by atoms with Gasteiger partial charge in [-0.3, -0.25) is 0 Å². The summed E-state index contributed by atoms with van der Waals surface area (Å²) in [5.74, 6) is 0.199. The Kier molecular flexibility index (Phi) is 4.31. The third kappa shape index (κ3) is 4.19. The largest absolute Gasteiger partial charge is 0.375 e. The number of sulfonamides is 1. The molecule has 2 aliphatic rings. The third-order valence-electron chi connectivity index (χ3n) is 3.63. The van der Waals surface area contributed by atoms with Gasteiger partial charge in [-0.1, -0.05) is 0 Å². The molecule has 0 saturated carbocycles. The van der Waals surface area contributed by atoms with E-state index < -0.39 is 10.0 Å². The zero-order chi connectivity index (χ0) is 13.2. The maximum absolute atomic E-state index is 12.1. The van der Waals surface area contributed by atoms with Crippen LogP contribution in [0.3, 0.4) is 0 Å². The van der Waals surface area contributed by atoms with Crippen LogP contribution in [0, 0.1) is 0 Å². The van der Waals surface area contributed by atoms with E-state index in [2.05, 4.69) is 10.0 Å². The molecule has 0 spiro atoms. The van der Waals surface area contributed by atoms with Crippen LogP contribution < -0.4 is 10.0 Å². The van der Waals surface area contributed by atoms with Gasteiger partial charge in [-0.05, 0) is 46.1 Å². The Morgan fingerprint density at radius 1 is 1.39 bits per heavy atom. The van der Waals surface area contributed by atoms with Crippen molar-refractivity contribution in [3.8, 4) is 0 Å². The summed E-state index contributed by atoms with van der Waals surface area (Å²) in [4.78, 5) is 0. The summed E-state index contributed by atoms with van der Waals surface area (Å²) in [5, 5.41) is 3.22. The average Bonchev–Trinajstić information content (AvgIpc) is 2.66. The van der Waals surface area contributed by atoms with Gasteiger partial charge in [-0.2, -0.15) is 0 Å². The highest BCUT2D eigenvalue weighted by Gasteiger charge is 2.32. The fraction of sp³-hybridized carbons (Fsp3) is 1.00. The monoisotopic (exact) mass is 276 g/mol. The number of rotatable bonds is 4. The topological polar surface area (TPSA) is 67.4 Å². The Labute approximate surface area is 110 Å². The van der Waals surface area contributed by atoms with Gasteiger partial charge >= 0.3 is 0 Å².